The van der Waals surface area contributed by atoms with E-state index in [1.165, 1.54) is 0 Å². The van der Waals surface area contributed by atoms with E-state index in [4.69, 9.17) is 5.11 Å². The summed E-state index contributed by atoms with van der Waals surface area (Å²) < 4.78 is 0.945. The van der Waals surface area contributed by atoms with Crippen LogP contribution in [-0.4, -0.2) is 23.7 Å². The van der Waals surface area contributed by atoms with Crippen molar-refractivity contribution in [3.63, 3.8) is 0 Å². The molecule has 1 aromatic rings. The Labute approximate surface area is 89.5 Å². The lowest BCUT2D eigenvalue weighted by atomic mass is 10.1. The first-order valence-electron chi connectivity index (χ1n) is 3.85. The third kappa shape index (κ3) is 2.52. The summed E-state index contributed by atoms with van der Waals surface area (Å²) in [6.07, 6.45) is 1.64. The highest BCUT2D eigenvalue weighted by molar-refractivity contribution is 14.1. The van der Waals surface area contributed by atoms with Gasteiger partial charge < -0.3 is 15.4 Å². The molecule has 72 valence electrons. The maximum absolute atomic E-state index is 11.3. The SMILES string of the molecule is CN[C@H](CO)c1cc(I)c[nH]c1=O. The fourth-order valence-electron chi connectivity index (χ4n) is 1.08. The van der Waals surface area contributed by atoms with Crippen LogP contribution < -0.4 is 10.9 Å². The Morgan fingerprint density at radius 3 is 3.00 bits per heavy atom. The average molecular weight is 294 g/mol. The number of aromatic amines is 1. The molecule has 0 unspecified atom stereocenters. The number of pyridine rings is 1. The van der Waals surface area contributed by atoms with Crippen molar-refractivity contribution < 1.29 is 5.11 Å². The van der Waals surface area contributed by atoms with Crippen LogP contribution in [0.15, 0.2) is 17.1 Å². The Kier molecular flexibility index (Phi) is 3.89. The van der Waals surface area contributed by atoms with E-state index in [9.17, 15) is 4.79 Å². The van der Waals surface area contributed by atoms with Crippen molar-refractivity contribution in [1.82, 2.24) is 10.3 Å². The van der Waals surface area contributed by atoms with Crippen molar-refractivity contribution in [3.8, 4) is 0 Å². The molecular formula is C8H11IN2O2. The highest BCUT2D eigenvalue weighted by Gasteiger charge is 2.11. The van der Waals surface area contributed by atoms with E-state index in [2.05, 4.69) is 32.9 Å². The van der Waals surface area contributed by atoms with Crippen molar-refractivity contribution in [2.75, 3.05) is 13.7 Å². The summed E-state index contributed by atoms with van der Waals surface area (Å²) in [4.78, 5) is 13.9. The molecule has 1 aromatic heterocycles. The van der Waals surface area contributed by atoms with E-state index in [1.54, 1.807) is 19.3 Å². The molecule has 3 N–H and O–H groups in total. The molecule has 1 rings (SSSR count). The molecule has 0 amide bonds. The van der Waals surface area contributed by atoms with Crippen LogP contribution >= 0.6 is 22.6 Å². The molecule has 0 aromatic carbocycles. The molecule has 5 heteroatoms. The molecule has 13 heavy (non-hydrogen) atoms. The zero-order valence-corrected chi connectivity index (χ0v) is 9.33. The number of hydrogen-bond acceptors (Lipinski definition) is 3. The first kappa shape index (κ1) is 10.7. The second kappa shape index (κ2) is 4.73. The fraction of sp³-hybridized carbons (Fsp3) is 0.375. The number of aliphatic hydroxyl groups excluding tert-OH is 1. The van der Waals surface area contributed by atoms with Gasteiger partial charge in [-0.3, -0.25) is 4.79 Å². The van der Waals surface area contributed by atoms with E-state index >= 15 is 0 Å². The summed E-state index contributed by atoms with van der Waals surface area (Å²) in [5.41, 5.74) is 0.408. The first-order chi connectivity index (χ1) is 6.19. The highest BCUT2D eigenvalue weighted by atomic mass is 127. The van der Waals surface area contributed by atoms with Gasteiger partial charge in [0.05, 0.1) is 12.6 Å². The third-order valence-corrected chi connectivity index (χ3v) is 2.43. The summed E-state index contributed by atoms with van der Waals surface area (Å²) in [7, 11) is 1.71. The fourth-order valence-corrected chi connectivity index (χ4v) is 1.57. The Balaban J connectivity index is 3.11. The van der Waals surface area contributed by atoms with Crippen LogP contribution in [0.25, 0.3) is 0 Å². The average Bonchev–Trinajstić information content (AvgIpc) is 2.13. The lowest BCUT2D eigenvalue weighted by molar-refractivity contribution is 0.250. The van der Waals surface area contributed by atoms with Crippen LogP contribution in [0.4, 0.5) is 0 Å². The van der Waals surface area contributed by atoms with Crippen molar-refractivity contribution in [1.29, 1.82) is 0 Å². The number of likely N-dealkylation sites (N-methyl/N-ethyl adjacent to an activating group) is 1. The largest absolute Gasteiger partial charge is 0.394 e. The molecule has 0 bridgehead atoms. The van der Waals surface area contributed by atoms with Gasteiger partial charge in [-0.1, -0.05) is 0 Å². The van der Waals surface area contributed by atoms with E-state index in [1.807, 2.05) is 0 Å². The number of rotatable bonds is 3. The highest BCUT2D eigenvalue weighted by Crippen LogP contribution is 2.09. The maximum Gasteiger partial charge on any atom is 0.252 e. The maximum atomic E-state index is 11.3. The predicted molar refractivity (Wildman–Crippen MR) is 58.7 cm³/mol. The van der Waals surface area contributed by atoms with Gasteiger partial charge in [-0.15, -0.1) is 0 Å². The predicted octanol–water partition coefficient (Wildman–Crippen LogP) is 0.232. The first-order valence-corrected chi connectivity index (χ1v) is 4.93. The molecule has 0 aliphatic heterocycles. The van der Waals surface area contributed by atoms with Gasteiger partial charge in [0.1, 0.15) is 0 Å². The Morgan fingerprint density at radius 1 is 1.77 bits per heavy atom. The number of nitrogens with one attached hydrogen (secondary N) is 2. The van der Waals surface area contributed by atoms with Gasteiger partial charge in [-0.2, -0.15) is 0 Å². The molecule has 0 saturated carbocycles. The summed E-state index contributed by atoms with van der Waals surface area (Å²) in [5.74, 6) is 0. The molecule has 4 nitrogen and oxygen atoms in total. The van der Waals surface area contributed by atoms with Crippen molar-refractivity contribution in [2.45, 2.75) is 6.04 Å². The van der Waals surface area contributed by atoms with Crippen molar-refractivity contribution in [2.24, 2.45) is 0 Å². The molecular weight excluding hydrogens is 283 g/mol. The minimum Gasteiger partial charge on any atom is -0.394 e. The molecule has 0 radical (unpaired) electrons. The number of aromatic nitrogens is 1. The van der Waals surface area contributed by atoms with Crippen LogP contribution in [0, 0.1) is 3.57 Å². The van der Waals surface area contributed by atoms with Gasteiger partial charge in [0, 0.05) is 15.3 Å². The van der Waals surface area contributed by atoms with Gasteiger partial charge in [0.15, 0.2) is 0 Å². The van der Waals surface area contributed by atoms with Gasteiger partial charge in [0.25, 0.3) is 5.56 Å². The molecule has 1 heterocycles. The quantitative estimate of drug-likeness (QED) is 0.699. The summed E-state index contributed by atoms with van der Waals surface area (Å²) in [6, 6.07) is 1.47. The summed E-state index contributed by atoms with van der Waals surface area (Å²) in [5, 5.41) is 11.8. The second-order valence-electron chi connectivity index (χ2n) is 2.63. The molecule has 0 fully saturated rings. The molecule has 0 aliphatic carbocycles. The zero-order valence-electron chi connectivity index (χ0n) is 7.17. The normalized spacial score (nSPS) is 12.8. The standard InChI is InChI=1S/C8H11IN2O2/c1-10-7(4-12)6-2-5(9)3-11-8(6)13/h2-3,7,10,12H,4H2,1H3,(H,11,13)/t7-/m1/s1. The zero-order chi connectivity index (χ0) is 9.84. The third-order valence-electron chi connectivity index (χ3n) is 1.80. The van der Waals surface area contributed by atoms with Crippen LogP contribution in [0.2, 0.25) is 0 Å². The number of halogens is 1. The van der Waals surface area contributed by atoms with Gasteiger partial charge in [-0.25, -0.2) is 0 Å². The summed E-state index contributed by atoms with van der Waals surface area (Å²) >= 11 is 2.11. The van der Waals surface area contributed by atoms with Crippen LogP contribution in [0.5, 0.6) is 0 Å². The van der Waals surface area contributed by atoms with Crippen LogP contribution in [0.3, 0.4) is 0 Å². The topological polar surface area (TPSA) is 65.1 Å². The second-order valence-corrected chi connectivity index (χ2v) is 3.87. The monoisotopic (exact) mass is 294 g/mol. The lowest BCUT2D eigenvalue weighted by Crippen LogP contribution is -2.27. The number of H-pyrrole nitrogens is 1. The van der Waals surface area contributed by atoms with E-state index in [0.29, 0.717) is 5.56 Å². The smallest absolute Gasteiger partial charge is 0.252 e. The molecule has 0 saturated heterocycles. The minimum atomic E-state index is -0.293. The molecule has 1 atom stereocenters. The van der Waals surface area contributed by atoms with E-state index in [0.717, 1.165) is 3.57 Å². The molecule has 0 aliphatic rings. The Bertz CT molecular complexity index is 333. The number of hydrogen-bond donors (Lipinski definition) is 3. The summed E-state index contributed by atoms with van der Waals surface area (Å²) in [6.45, 7) is -0.0837. The van der Waals surface area contributed by atoms with Gasteiger partial charge in [0.2, 0.25) is 0 Å². The number of aliphatic hydroxyl groups is 1. The van der Waals surface area contributed by atoms with Gasteiger partial charge >= 0.3 is 0 Å². The van der Waals surface area contributed by atoms with Crippen molar-refractivity contribution >= 4 is 22.6 Å². The van der Waals surface area contributed by atoms with E-state index < -0.39 is 0 Å². The van der Waals surface area contributed by atoms with Crippen molar-refractivity contribution in [3.05, 3.63) is 31.8 Å². The van der Waals surface area contributed by atoms with Crippen LogP contribution in [0.1, 0.15) is 11.6 Å². The van der Waals surface area contributed by atoms with Gasteiger partial charge in [-0.05, 0) is 35.7 Å². The van der Waals surface area contributed by atoms with E-state index in [-0.39, 0.29) is 18.2 Å². The van der Waals surface area contributed by atoms with Crippen LogP contribution in [-0.2, 0) is 0 Å². The lowest BCUT2D eigenvalue weighted by Gasteiger charge is -2.11. The molecule has 0 spiro atoms. The Morgan fingerprint density at radius 2 is 2.46 bits per heavy atom. The minimum absolute atomic E-state index is 0.0837. The Hall–Kier alpha value is -0.400.